The second kappa shape index (κ2) is 6.03. The molecule has 0 amide bonds. The lowest BCUT2D eigenvalue weighted by atomic mass is 10.1. The van der Waals surface area contributed by atoms with Gasteiger partial charge in [0.25, 0.3) is 0 Å². The smallest absolute Gasteiger partial charge is 0.105 e. The summed E-state index contributed by atoms with van der Waals surface area (Å²) in [6, 6.07) is 14.0. The van der Waals surface area contributed by atoms with E-state index in [-0.39, 0.29) is 6.04 Å². The highest BCUT2D eigenvalue weighted by Crippen LogP contribution is 2.22. The Labute approximate surface area is 123 Å². The number of pyridine rings is 1. The minimum absolute atomic E-state index is 0.163. The zero-order valence-electron chi connectivity index (χ0n) is 12.0. The van der Waals surface area contributed by atoms with Crippen molar-refractivity contribution < 1.29 is 0 Å². The molecule has 1 unspecified atom stereocenters. The number of nitrogens with one attached hydrogen (secondary N) is 1. The van der Waals surface area contributed by atoms with Gasteiger partial charge in [-0.25, -0.2) is 5.43 Å². The van der Waals surface area contributed by atoms with Crippen LogP contribution in [0.3, 0.4) is 0 Å². The van der Waals surface area contributed by atoms with Gasteiger partial charge in [0.1, 0.15) is 6.04 Å². The SMILES string of the molecule is CCCn1nccc1C(NN)c1ccc2ccccc2n1. The molecule has 2 heterocycles. The first kappa shape index (κ1) is 13.7. The molecule has 2 aromatic heterocycles. The van der Waals surface area contributed by atoms with Crippen LogP contribution in [0.2, 0.25) is 0 Å². The number of nitrogens with zero attached hydrogens (tertiary/aromatic N) is 3. The molecule has 0 fully saturated rings. The highest BCUT2D eigenvalue weighted by atomic mass is 15.3. The number of benzene rings is 1. The maximum atomic E-state index is 5.77. The fourth-order valence-corrected chi connectivity index (χ4v) is 2.55. The van der Waals surface area contributed by atoms with Crippen molar-refractivity contribution in [3.8, 4) is 0 Å². The Kier molecular flexibility index (Phi) is 3.94. The van der Waals surface area contributed by atoms with Crippen LogP contribution in [-0.4, -0.2) is 14.8 Å². The average molecular weight is 281 g/mol. The normalized spacial score (nSPS) is 12.7. The molecule has 0 spiro atoms. The average Bonchev–Trinajstić information content (AvgIpc) is 2.97. The van der Waals surface area contributed by atoms with Gasteiger partial charge in [-0.05, 0) is 24.6 Å². The number of aryl methyl sites for hydroxylation is 1. The number of rotatable bonds is 5. The van der Waals surface area contributed by atoms with Gasteiger partial charge in [0.15, 0.2) is 0 Å². The van der Waals surface area contributed by atoms with Crippen LogP contribution in [0.5, 0.6) is 0 Å². The highest BCUT2D eigenvalue weighted by molar-refractivity contribution is 5.78. The maximum absolute atomic E-state index is 5.77. The van der Waals surface area contributed by atoms with E-state index in [2.05, 4.69) is 29.6 Å². The van der Waals surface area contributed by atoms with Crippen molar-refractivity contribution in [3.63, 3.8) is 0 Å². The Hall–Kier alpha value is -2.24. The number of hydrazine groups is 1. The third-order valence-corrected chi connectivity index (χ3v) is 3.56. The fraction of sp³-hybridized carbons (Fsp3) is 0.250. The van der Waals surface area contributed by atoms with Crippen LogP contribution in [-0.2, 0) is 6.54 Å². The second-order valence-corrected chi connectivity index (χ2v) is 5.01. The summed E-state index contributed by atoms with van der Waals surface area (Å²) in [7, 11) is 0. The molecule has 21 heavy (non-hydrogen) atoms. The first-order valence-electron chi connectivity index (χ1n) is 7.17. The van der Waals surface area contributed by atoms with Crippen LogP contribution in [0.25, 0.3) is 10.9 Å². The number of hydrogen-bond acceptors (Lipinski definition) is 4. The highest BCUT2D eigenvalue weighted by Gasteiger charge is 2.18. The van der Waals surface area contributed by atoms with Crippen LogP contribution in [0.1, 0.15) is 30.8 Å². The maximum Gasteiger partial charge on any atom is 0.105 e. The molecule has 1 aromatic carbocycles. The van der Waals surface area contributed by atoms with Crippen LogP contribution < -0.4 is 11.3 Å². The van der Waals surface area contributed by atoms with Crippen molar-refractivity contribution in [3.05, 3.63) is 60.0 Å². The van der Waals surface area contributed by atoms with Crippen molar-refractivity contribution in [1.29, 1.82) is 0 Å². The van der Waals surface area contributed by atoms with Gasteiger partial charge in [-0.1, -0.05) is 31.2 Å². The lowest BCUT2D eigenvalue weighted by molar-refractivity contribution is 0.516. The van der Waals surface area contributed by atoms with Crippen molar-refractivity contribution in [2.45, 2.75) is 25.9 Å². The van der Waals surface area contributed by atoms with Gasteiger partial charge in [-0.3, -0.25) is 15.5 Å². The number of nitrogens with two attached hydrogens (primary N) is 1. The van der Waals surface area contributed by atoms with Crippen LogP contribution >= 0.6 is 0 Å². The molecule has 0 radical (unpaired) electrons. The van der Waals surface area contributed by atoms with E-state index in [1.807, 2.05) is 35.0 Å². The Balaban J connectivity index is 2.03. The molecule has 0 saturated carbocycles. The Bertz CT molecular complexity index is 734. The molecule has 0 aliphatic carbocycles. The van der Waals surface area contributed by atoms with Crippen molar-refractivity contribution in [2.24, 2.45) is 5.84 Å². The summed E-state index contributed by atoms with van der Waals surface area (Å²) in [5.74, 6) is 5.77. The number of fused-ring (bicyclic) bond motifs is 1. The predicted octanol–water partition coefficient (Wildman–Crippen LogP) is 2.39. The summed E-state index contributed by atoms with van der Waals surface area (Å²) in [6.07, 6.45) is 2.83. The van der Waals surface area contributed by atoms with Gasteiger partial charge >= 0.3 is 0 Å². The van der Waals surface area contributed by atoms with Gasteiger partial charge in [-0.15, -0.1) is 0 Å². The minimum atomic E-state index is -0.163. The molecule has 1 atom stereocenters. The zero-order chi connectivity index (χ0) is 14.7. The van der Waals surface area contributed by atoms with E-state index in [0.717, 1.165) is 35.3 Å². The Morgan fingerprint density at radius 3 is 2.86 bits per heavy atom. The molecular weight excluding hydrogens is 262 g/mol. The van der Waals surface area contributed by atoms with Crippen LogP contribution in [0.15, 0.2) is 48.7 Å². The van der Waals surface area contributed by atoms with E-state index in [1.54, 1.807) is 6.20 Å². The summed E-state index contributed by atoms with van der Waals surface area (Å²) >= 11 is 0. The van der Waals surface area contributed by atoms with Crippen LogP contribution in [0.4, 0.5) is 0 Å². The van der Waals surface area contributed by atoms with E-state index in [9.17, 15) is 0 Å². The van der Waals surface area contributed by atoms with E-state index in [0.29, 0.717) is 0 Å². The Morgan fingerprint density at radius 2 is 2.05 bits per heavy atom. The van der Waals surface area contributed by atoms with Crippen LogP contribution in [0, 0.1) is 0 Å². The van der Waals surface area contributed by atoms with Gasteiger partial charge < -0.3 is 0 Å². The van der Waals surface area contributed by atoms with Crippen molar-refractivity contribution in [1.82, 2.24) is 20.2 Å². The largest absolute Gasteiger partial charge is 0.270 e. The summed E-state index contributed by atoms with van der Waals surface area (Å²) in [5.41, 5.74) is 5.76. The number of aromatic nitrogens is 3. The molecule has 3 aromatic rings. The third-order valence-electron chi connectivity index (χ3n) is 3.56. The molecule has 3 rings (SSSR count). The topological polar surface area (TPSA) is 68.8 Å². The Morgan fingerprint density at radius 1 is 1.19 bits per heavy atom. The lowest BCUT2D eigenvalue weighted by Gasteiger charge is -2.17. The molecule has 5 heteroatoms. The molecule has 0 saturated heterocycles. The summed E-state index contributed by atoms with van der Waals surface area (Å²) in [6.45, 7) is 3.00. The van der Waals surface area contributed by atoms with E-state index >= 15 is 0 Å². The van der Waals surface area contributed by atoms with Gasteiger partial charge in [-0.2, -0.15) is 5.10 Å². The van der Waals surface area contributed by atoms with Crippen molar-refractivity contribution >= 4 is 10.9 Å². The molecule has 108 valence electrons. The molecule has 0 aliphatic rings. The molecule has 0 aliphatic heterocycles. The monoisotopic (exact) mass is 281 g/mol. The second-order valence-electron chi connectivity index (χ2n) is 5.01. The fourth-order valence-electron chi connectivity index (χ4n) is 2.55. The first-order valence-corrected chi connectivity index (χ1v) is 7.17. The summed E-state index contributed by atoms with van der Waals surface area (Å²) in [4.78, 5) is 4.72. The van der Waals surface area contributed by atoms with Crippen molar-refractivity contribution in [2.75, 3.05) is 0 Å². The van der Waals surface area contributed by atoms with Gasteiger partial charge in [0.2, 0.25) is 0 Å². The standard InChI is InChI=1S/C16H19N5/c1-2-11-21-15(9-10-18-21)16(20-17)14-8-7-12-5-3-4-6-13(12)19-14/h3-10,16,20H,2,11,17H2,1H3. The zero-order valence-corrected chi connectivity index (χ0v) is 12.0. The van der Waals surface area contributed by atoms with E-state index in [1.165, 1.54) is 0 Å². The third kappa shape index (κ3) is 2.66. The van der Waals surface area contributed by atoms with Gasteiger partial charge in [0.05, 0.1) is 16.9 Å². The van der Waals surface area contributed by atoms with E-state index < -0.39 is 0 Å². The molecular formula is C16H19N5. The molecule has 5 nitrogen and oxygen atoms in total. The summed E-state index contributed by atoms with van der Waals surface area (Å²) in [5, 5.41) is 5.48. The number of hydrogen-bond donors (Lipinski definition) is 2. The number of para-hydroxylation sites is 1. The molecule has 0 bridgehead atoms. The summed E-state index contributed by atoms with van der Waals surface area (Å²) < 4.78 is 1.97. The minimum Gasteiger partial charge on any atom is -0.270 e. The first-order chi connectivity index (χ1) is 10.3. The van der Waals surface area contributed by atoms with Gasteiger partial charge in [0, 0.05) is 18.1 Å². The lowest BCUT2D eigenvalue weighted by Crippen LogP contribution is -2.31. The quantitative estimate of drug-likeness (QED) is 0.556. The molecule has 3 N–H and O–H groups in total. The predicted molar refractivity (Wildman–Crippen MR) is 83.4 cm³/mol. The van der Waals surface area contributed by atoms with E-state index in [4.69, 9.17) is 10.8 Å².